The molecule has 0 bridgehead atoms. The molecule has 0 saturated heterocycles. The number of benzene rings is 1. The Balaban J connectivity index is 2.23. The second-order valence-electron chi connectivity index (χ2n) is 4.18. The van der Waals surface area contributed by atoms with Gasteiger partial charge in [-0.15, -0.1) is 0 Å². The first-order chi connectivity index (χ1) is 9.63. The third-order valence-electron chi connectivity index (χ3n) is 2.69. The molecule has 2 aromatic rings. The Morgan fingerprint density at radius 2 is 2.15 bits per heavy atom. The third kappa shape index (κ3) is 3.14. The van der Waals surface area contributed by atoms with Gasteiger partial charge in [-0.2, -0.15) is 4.98 Å². The summed E-state index contributed by atoms with van der Waals surface area (Å²) in [4.78, 5) is 8.39. The van der Waals surface area contributed by atoms with Gasteiger partial charge >= 0.3 is 0 Å². The summed E-state index contributed by atoms with van der Waals surface area (Å²) in [6.45, 7) is 4.13. The lowest BCUT2D eigenvalue weighted by molar-refractivity contribution is 0.321. The number of aryl methyl sites for hydroxylation is 1. The molecule has 0 unspecified atom stereocenters. The lowest BCUT2D eigenvalue weighted by Gasteiger charge is -2.11. The molecule has 0 spiro atoms. The van der Waals surface area contributed by atoms with Crippen LogP contribution < -0.4 is 15.4 Å². The minimum absolute atomic E-state index is 0.244. The number of hydrogen-bond acceptors (Lipinski definition) is 5. The average Bonchev–Trinajstić information content (AvgIpc) is 2.44. The van der Waals surface area contributed by atoms with E-state index in [1.165, 1.54) is 6.07 Å². The van der Waals surface area contributed by atoms with Gasteiger partial charge in [-0.1, -0.05) is 0 Å². The van der Waals surface area contributed by atoms with Gasteiger partial charge < -0.3 is 15.4 Å². The van der Waals surface area contributed by atoms with E-state index in [4.69, 9.17) is 4.74 Å². The molecule has 1 heterocycles. The van der Waals surface area contributed by atoms with Crippen LogP contribution in [-0.4, -0.2) is 23.6 Å². The maximum absolute atomic E-state index is 13.8. The van der Waals surface area contributed by atoms with Gasteiger partial charge in [0.15, 0.2) is 11.6 Å². The fraction of sp³-hybridized carbons (Fsp3) is 0.286. The Morgan fingerprint density at radius 1 is 1.35 bits per heavy atom. The summed E-state index contributed by atoms with van der Waals surface area (Å²) in [6.07, 6.45) is 1.70. The number of ether oxygens (including phenoxy) is 1. The van der Waals surface area contributed by atoms with Crippen LogP contribution in [0.5, 0.6) is 5.75 Å². The van der Waals surface area contributed by atoms with Crippen LogP contribution >= 0.6 is 0 Å². The Morgan fingerprint density at radius 3 is 2.80 bits per heavy atom. The number of halogens is 1. The first-order valence-electron chi connectivity index (χ1n) is 6.34. The standard InChI is InChI=1S/C14H17FN4O/c1-4-20-12-6-5-10(7-11(12)15)18-13-9(2)8-17-14(16-3)19-13/h5-8H,4H2,1-3H3,(H2,16,17,18,19). The van der Waals surface area contributed by atoms with Gasteiger partial charge in [0.1, 0.15) is 5.82 Å². The van der Waals surface area contributed by atoms with Crippen LogP contribution in [0.15, 0.2) is 24.4 Å². The minimum atomic E-state index is -0.405. The second kappa shape index (κ2) is 6.18. The molecule has 20 heavy (non-hydrogen) atoms. The van der Waals surface area contributed by atoms with Crippen molar-refractivity contribution in [2.24, 2.45) is 0 Å². The van der Waals surface area contributed by atoms with E-state index < -0.39 is 5.82 Å². The quantitative estimate of drug-likeness (QED) is 0.878. The zero-order valence-electron chi connectivity index (χ0n) is 11.7. The molecule has 2 N–H and O–H groups in total. The summed E-state index contributed by atoms with van der Waals surface area (Å²) in [5.41, 5.74) is 1.48. The first-order valence-corrected chi connectivity index (χ1v) is 6.34. The highest BCUT2D eigenvalue weighted by atomic mass is 19.1. The predicted molar refractivity (Wildman–Crippen MR) is 77.2 cm³/mol. The molecular formula is C14H17FN4O. The predicted octanol–water partition coefficient (Wildman–Crippen LogP) is 3.11. The van der Waals surface area contributed by atoms with Crippen molar-refractivity contribution >= 4 is 17.5 Å². The van der Waals surface area contributed by atoms with Crippen LogP contribution in [-0.2, 0) is 0 Å². The van der Waals surface area contributed by atoms with E-state index in [1.54, 1.807) is 25.4 Å². The molecule has 1 aromatic carbocycles. The van der Waals surface area contributed by atoms with Crippen LogP contribution in [0.25, 0.3) is 0 Å². The Labute approximate surface area is 117 Å². The molecule has 1 aromatic heterocycles. The van der Waals surface area contributed by atoms with Gasteiger partial charge in [-0.3, -0.25) is 0 Å². The van der Waals surface area contributed by atoms with Crippen molar-refractivity contribution in [3.05, 3.63) is 35.8 Å². The summed E-state index contributed by atoms with van der Waals surface area (Å²) in [5.74, 6) is 0.975. The van der Waals surface area contributed by atoms with E-state index in [1.807, 2.05) is 13.8 Å². The van der Waals surface area contributed by atoms with Crippen molar-refractivity contribution in [1.82, 2.24) is 9.97 Å². The smallest absolute Gasteiger partial charge is 0.224 e. The summed E-state index contributed by atoms with van der Waals surface area (Å²) in [6, 6.07) is 4.72. The molecule has 0 amide bonds. The summed E-state index contributed by atoms with van der Waals surface area (Å²) >= 11 is 0. The highest BCUT2D eigenvalue weighted by Crippen LogP contribution is 2.24. The Hall–Kier alpha value is -2.37. The van der Waals surface area contributed by atoms with Crippen LogP contribution in [0.1, 0.15) is 12.5 Å². The fourth-order valence-electron chi connectivity index (χ4n) is 1.68. The molecule has 0 aliphatic heterocycles. The second-order valence-corrected chi connectivity index (χ2v) is 4.18. The van der Waals surface area contributed by atoms with Crippen LogP contribution in [0.4, 0.5) is 21.8 Å². The van der Waals surface area contributed by atoms with E-state index in [9.17, 15) is 4.39 Å². The van der Waals surface area contributed by atoms with Crippen LogP contribution in [0.3, 0.4) is 0 Å². The first kappa shape index (κ1) is 14.0. The number of rotatable bonds is 5. The van der Waals surface area contributed by atoms with Crippen LogP contribution in [0.2, 0.25) is 0 Å². The minimum Gasteiger partial charge on any atom is -0.491 e. The summed E-state index contributed by atoms with van der Waals surface area (Å²) < 4.78 is 18.9. The van der Waals surface area contributed by atoms with E-state index in [0.717, 1.165) is 5.56 Å². The lowest BCUT2D eigenvalue weighted by atomic mass is 10.2. The largest absolute Gasteiger partial charge is 0.491 e. The fourth-order valence-corrected chi connectivity index (χ4v) is 1.68. The maximum atomic E-state index is 13.8. The number of aromatic nitrogens is 2. The van der Waals surface area contributed by atoms with Gasteiger partial charge in [0.2, 0.25) is 5.95 Å². The molecule has 2 rings (SSSR count). The molecule has 0 aliphatic rings. The van der Waals surface area contributed by atoms with Crippen molar-refractivity contribution in [2.45, 2.75) is 13.8 Å². The van der Waals surface area contributed by atoms with Gasteiger partial charge in [0.05, 0.1) is 6.61 Å². The highest BCUT2D eigenvalue weighted by Gasteiger charge is 2.07. The normalized spacial score (nSPS) is 10.2. The molecule has 5 nitrogen and oxygen atoms in total. The van der Waals surface area contributed by atoms with E-state index in [2.05, 4.69) is 20.6 Å². The van der Waals surface area contributed by atoms with E-state index in [-0.39, 0.29) is 5.75 Å². The Bertz CT molecular complexity index is 604. The van der Waals surface area contributed by atoms with Crippen LogP contribution in [0, 0.1) is 12.7 Å². The number of hydrogen-bond donors (Lipinski definition) is 2. The van der Waals surface area contributed by atoms with Gasteiger partial charge in [-0.05, 0) is 26.0 Å². The molecule has 0 fully saturated rings. The topological polar surface area (TPSA) is 59.1 Å². The maximum Gasteiger partial charge on any atom is 0.224 e. The summed E-state index contributed by atoms with van der Waals surface area (Å²) in [7, 11) is 1.74. The highest BCUT2D eigenvalue weighted by molar-refractivity contribution is 5.60. The third-order valence-corrected chi connectivity index (χ3v) is 2.69. The van der Waals surface area contributed by atoms with Crippen molar-refractivity contribution in [3.63, 3.8) is 0 Å². The monoisotopic (exact) mass is 276 g/mol. The zero-order chi connectivity index (χ0) is 14.5. The molecule has 6 heteroatoms. The van der Waals surface area contributed by atoms with E-state index >= 15 is 0 Å². The molecular weight excluding hydrogens is 259 g/mol. The lowest BCUT2D eigenvalue weighted by Crippen LogP contribution is -2.03. The molecule has 0 radical (unpaired) electrons. The SMILES string of the molecule is CCOc1ccc(Nc2nc(NC)ncc2C)cc1F. The van der Waals surface area contributed by atoms with Crippen molar-refractivity contribution in [1.29, 1.82) is 0 Å². The van der Waals surface area contributed by atoms with Gasteiger partial charge in [0, 0.05) is 30.6 Å². The zero-order valence-corrected chi connectivity index (χ0v) is 11.7. The Kier molecular flexibility index (Phi) is 4.34. The van der Waals surface area contributed by atoms with E-state index in [0.29, 0.717) is 24.1 Å². The van der Waals surface area contributed by atoms with Crippen molar-refractivity contribution in [3.8, 4) is 5.75 Å². The van der Waals surface area contributed by atoms with Gasteiger partial charge in [-0.25, -0.2) is 9.37 Å². The molecule has 0 aliphatic carbocycles. The van der Waals surface area contributed by atoms with Gasteiger partial charge in [0.25, 0.3) is 0 Å². The summed E-state index contributed by atoms with van der Waals surface area (Å²) in [5, 5.41) is 5.93. The van der Waals surface area contributed by atoms with Crippen molar-refractivity contribution < 1.29 is 9.13 Å². The molecule has 0 saturated carbocycles. The van der Waals surface area contributed by atoms with Crippen molar-refractivity contribution in [2.75, 3.05) is 24.3 Å². The molecule has 106 valence electrons. The number of nitrogens with one attached hydrogen (secondary N) is 2. The molecule has 0 atom stereocenters. The average molecular weight is 276 g/mol. The number of anilines is 3. The number of nitrogens with zero attached hydrogens (tertiary/aromatic N) is 2.